The molecule has 1 fully saturated rings. The first-order valence-electron chi connectivity index (χ1n) is 8.01. The van der Waals surface area contributed by atoms with Crippen LogP contribution in [0.1, 0.15) is 38.2 Å². The van der Waals surface area contributed by atoms with Crippen LogP contribution in [0.2, 0.25) is 0 Å². The van der Waals surface area contributed by atoms with Crippen molar-refractivity contribution in [2.45, 2.75) is 51.1 Å². The van der Waals surface area contributed by atoms with Gasteiger partial charge < -0.3 is 15.7 Å². The minimum atomic E-state index is -0.246. The van der Waals surface area contributed by atoms with Crippen molar-refractivity contribution in [3.63, 3.8) is 0 Å². The Kier molecular flexibility index (Phi) is 6.19. The second-order valence-electron chi connectivity index (χ2n) is 6.15. The fourth-order valence-electron chi connectivity index (χ4n) is 3.09. The van der Waals surface area contributed by atoms with E-state index < -0.39 is 0 Å². The van der Waals surface area contributed by atoms with Gasteiger partial charge in [-0.15, -0.1) is 0 Å². The molecular formula is C17H25FN2O2. The van der Waals surface area contributed by atoms with E-state index in [0.717, 1.165) is 25.7 Å². The Balaban J connectivity index is 1.82. The van der Waals surface area contributed by atoms with Crippen LogP contribution >= 0.6 is 0 Å². The lowest BCUT2D eigenvalue weighted by molar-refractivity contribution is 0.153. The SMILES string of the molecule is CC(Cc1ccccc1F)NC(=O)NC1CCCCC1CO. The van der Waals surface area contributed by atoms with Crippen LogP contribution in [0.3, 0.4) is 0 Å². The molecule has 1 aliphatic carbocycles. The Morgan fingerprint density at radius 3 is 2.82 bits per heavy atom. The van der Waals surface area contributed by atoms with E-state index in [1.54, 1.807) is 18.2 Å². The highest BCUT2D eigenvalue weighted by atomic mass is 19.1. The normalized spacial score (nSPS) is 22.9. The molecule has 22 heavy (non-hydrogen) atoms. The van der Waals surface area contributed by atoms with E-state index in [2.05, 4.69) is 10.6 Å². The number of aliphatic hydroxyl groups is 1. The number of nitrogens with one attached hydrogen (secondary N) is 2. The maximum Gasteiger partial charge on any atom is 0.315 e. The van der Waals surface area contributed by atoms with Gasteiger partial charge in [-0.1, -0.05) is 31.0 Å². The van der Waals surface area contributed by atoms with Gasteiger partial charge in [-0.2, -0.15) is 0 Å². The number of rotatable bonds is 5. The maximum atomic E-state index is 13.6. The summed E-state index contributed by atoms with van der Waals surface area (Å²) < 4.78 is 13.6. The summed E-state index contributed by atoms with van der Waals surface area (Å²) in [4.78, 5) is 12.1. The van der Waals surface area contributed by atoms with Crippen LogP contribution in [0.5, 0.6) is 0 Å². The highest BCUT2D eigenvalue weighted by Gasteiger charge is 2.26. The smallest absolute Gasteiger partial charge is 0.315 e. The third-order valence-corrected chi connectivity index (χ3v) is 4.32. The molecule has 2 rings (SSSR count). The zero-order valence-electron chi connectivity index (χ0n) is 13.0. The van der Waals surface area contributed by atoms with Crippen LogP contribution < -0.4 is 10.6 Å². The molecule has 2 amide bonds. The standard InChI is InChI=1S/C17H25FN2O2/c1-12(10-13-6-2-4-8-15(13)18)19-17(22)20-16-9-5-3-7-14(16)11-21/h2,4,6,8,12,14,16,21H,3,5,7,9-11H2,1H3,(H2,19,20,22). The van der Waals surface area contributed by atoms with Crippen LogP contribution in [0.4, 0.5) is 9.18 Å². The molecule has 3 atom stereocenters. The zero-order valence-corrected chi connectivity index (χ0v) is 13.0. The maximum absolute atomic E-state index is 13.6. The number of benzene rings is 1. The van der Waals surface area contributed by atoms with Crippen molar-refractivity contribution in [2.75, 3.05) is 6.61 Å². The van der Waals surface area contributed by atoms with Gasteiger partial charge in [-0.05, 0) is 37.8 Å². The molecule has 0 bridgehead atoms. The lowest BCUT2D eigenvalue weighted by Gasteiger charge is -2.31. The Hall–Kier alpha value is -1.62. The monoisotopic (exact) mass is 308 g/mol. The first-order chi connectivity index (χ1) is 10.6. The van der Waals surface area contributed by atoms with E-state index in [-0.39, 0.29) is 36.5 Å². The van der Waals surface area contributed by atoms with Crippen molar-refractivity contribution in [1.82, 2.24) is 10.6 Å². The van der Waals surface area contributed by atoms with Gasteiger partial charge in [0.15, 0.2) is 0 Å². The second-order valence-corrected chi connectivity index (χ2v) is 6.15. The summed E-state index contributed by atoms with van der Waals surface area (Å²) in [6, 6.07) is 6.23. The number of carbonyl (C=O) groups excluding carboxylic acids is 1. The van der Waals surface area contributed by atoms with Gasteiger partial charge in [0, 0.05) is 24.6 Å². The summed E-state index contributed by atoms with van der Waals surface area (Å²) in [6.07, 6.45) is 4.49. The topological polar surface area (TPSA) is 61.4 Å². The lowest BCUT2D eigenvalue weighted by atomic mass is 9.85. The van der Waals surface area contributed by atoms with E-state index in [0.29, 0.717) is 12.0 Å². The molecule has 0 aliphatic heterocycles. The van der Waals surface area contributed by atoms with Crippen molar-refractivity contribution in [3.05, 3.63) is 35.6 Å². The number of halogens is 1. The van der Waals surface area contributed by atoms with E-state index in [1.807, 2.05) is 6.92 Å². The van der Waals surface area contributed by atoms with Gasteiger partial charge in [0.1, 0.15) is 5.82 Å². The van der Waals surface area contributed by atoms with Crippen LogP contribution in [-0.4, -0.2) is 29.8 Å². The first-order valence-corrected chi connectivity index (χ1v) is 8.01. The minimum Gasteiger partial charge on any atom is -0.396 e. The first kappa shape index (κ1) is 16.7. The molecule has 0 radical (unpaired) electrons. The van der Waals surface area contributed by atoms with Gasteiger partial charge in [0.2, 0.25) is 0 Å². The lowest BCUT2D eigenvalue weighted by Crippen LogP contribution is -2.50. The predicted octanol–water partition coefficient (Wildman–Crippen LogP) is 2.61. The summed E-state index contributed by atoms with van der Waals surface area (Å²) in [7, 11) is 0. The Bertz CT molecular complexity index is 495. The van der Waals surface area contributed by atoms with E-state index in [9.17, 15) is 14.3 Å². The number of carbonyl (C=O) groups is 1. The van der Waals surface area contributed by atoms with Gasteiger partial charge in [-0.3, -0.25) is 0 Å². The fourth-order valence-corrected chi connectivity index (χ4v) is 3.09. The third-order valence-electron chi connectivity index (χ3n) is 4.32. The van der Waals surface area contributed by atoms with Crippen LogP contribution in [0.25, 0.3) is 0 Å². The number of urea groups is 1. The Labute approximate surface area is 131 Å². The van der Waals surface area contributed by atoms with Crippen molar-refractivity contribution < 1.29 is 14.3 Å². The van der Waals surface area contributed by atoms with Crippen molar-refractivity contribution in [2.24, 2.45) is 5.92 Å². The van der Waals surface area contributed by atoms with E-state index in [1.165, 1.54) is 6.07 Å². The van der Waals surface area contributed by atoms with Gasteiger partial charge >= 0.3 is 6.03 Å². The molecule has 1 saturated carbocycles. The number of hydrogen-bond acceptors (Lipinski definition) is 2. The molecule has 1 aliphatic rings. The van der Waals surface area contributed by atoms with Gasteiger partial charge in [0.25, 0.3) is 0 Å². The summed E-state index contributed by atoms with van der Waals surface area (Å²) in [5, 5.41) is 15.2. The molecule has 3 unspecified atom stereocenters. The molecule has 5 heteroatoms. The quantitative estimate of drug-likeness (QED) is 0.783. The molecule has 0 aromatic heterocycles. The van der Waals surface area contributed by atoms with Crippen molar-refractivity contribution in [1.29, 1.82) is 0 Å². The molecule has 1 aromatic rings. The zero-order chi connectivity index (χ0) is 15.9. The van der Waals surface area contributed by atoms with E-state index >= 15 is 0 Å². The van der Waals surface area contributed by atoms with Crippen molar-refractivity contribution >= 4 is 6.03 Å². The van der Waals surface area contributed by atoms with Crippen LogP contribution in [-0.2, 0) is 6.42 Å². The summed E-state index contributed by atoms with van der Waals surface area (Å²) >= 11 is 0. The summed E-state index contributed by atoms with van der Waals surface area (Å²) in [6.45, 7) is 1.96. The van der Waals surface area contributed by atoms with E-state index in [4.69, 9.17) is 0 Å². The largest absolute Gasteiger partial charge is 0.396 e. The predicted molar refractivity (Wildman–Crippen MR) is 84.1 cm³/mol. The summed E-state index contributed by atoms with van der Waals surface area (Å²) in [5.74, 6) is -0.106. The number of aliphatic hydroxyl groups excluding tert-OH is 1. The Morgan fingerprint density at radius 1 is 1.36 bits per heavy atom. The third kappa shape index (κ3) is 4.70. The highest BCUT2D eigenvalue weighted by Crippen LogP contribution is 2.23. The average molecular weight is 308 g/mol. The van der Waals surface area contributed by atoms with Gasteiger partial charge in [0.05, 0.1) is 0 Å². The minimum absolute atomic E-state index is 0.0272. The molecule has 3 N–H and O–H groups in total. The molecule has 122 valence electrons. The molecule has 0 saturated heterocycles. The molecule has 4 nitrogen and oxygen atoms in total. The van der Waals surface area contributed by atoms with Crippen molar-refractivity contribution in [3.8, 4) is 0 Å². The average Bonchev–Trinajstić information content (AvgIpc) is 2.50. The molecule has 0 heterocycles. The second kappa shape index (κ2) is 8.13. The van der Waals surface area contributed by atoms with Crippen LogP contribution in [0.15, 0.2) is 24.3 Å². The number of amides is 2. The summed E-state index contributed by atoms with van der Waals surface area (Å²) in [5.41, 5.74) is 0.598. The molecule has 0 spiro atoms. The van der Waals surface area contributed by atoms with Crippen LogP contribution in [0, 0.1) is 11.7 Å². The van der Waals surface area contributed by atoms with Gasteiger partial charge in [-0.25, -0.2) is 9.18 Å². The molecular weight excluding hydrogens is 283 g/mol. The fraction of sp³-hybridized carbons (Fsp3) is 0.588. The number of hydrogen-bond donors (Lipinski definition) is 3. The highest BCUT2D eigenvalue weighted by molar-refractivity contribution is 5.74. The molecule has 1 aromatic carbocycles. The Morgan fingerprint density at radius 2 is 2.09 bits per heavy atom.